The molecule has 0 fully saturated rings. The lowest BCUT2D eigenvalue weighted by atomic mass is 9.96. The van der Waals surface area contributed by atoms with E-state index in [9.17, 15) is 0 Å². The van der Waals surface area contributed by atoms with Crippen molar-refractivity contribution in [2.24, 2.45) is 5.84 Å². The monoisotopic (exact) mass is 258 g/mol. The van der Waals surface area contributed by atoms with Gasteiger partial charge in [-0.05, 0) is 30.5 Å². The Balaban J connectivity index is 2.46. The number of hydrogen-bond acceptors (Lipinski definition) is 5. The van der Waals surface area contributed by atoms with E-state index in [1.807, 2.05) is 12.1 Å². The van der Waals surface area contributed by atoms with E-state index in [0.29, 0.717) is 5.88 Å². The topological polar surface area (TPSA) is 73.1 Å². The molecule has 1 aromatic heterocycles. The second-order valence-electron chi connectivity index (χ2n) is 4.37. The number of benzene rings is 1. The zero-order chi connectivity index (χ0) is 13.8. The van der Waals surface area contributed by atoms with Crippen LogP contribution in [0, 0.1) is 13.8 Å². The first-order valence-corrected chi connectivity index (χ1v) is 6.05. The van der Waals surface area contributed by atoms with Crippen LogP contribution >= 0.6 is 0 Å². The molecule has 0 saturated carbocycles. The van der Waals surface area contributed by atoms with E-state index in [1.54, 1.807) is 13.2 Å². The van der Waals surface area contributed by atoms with Gasteiger partial charge in [0.25, 0.3) is 0 Å². The van der Waals surface area contributed by atoms with Crippen LogP contribution in [0.15, 0.2) is 30.6 Å². The lowest BCUT2D eigenvalue weighted by molar-refractivity contribution is 0.395. The van der Waals surface area contributed by atoms with Gasteiger partial charge in [0.2, 0.25) is 5.88 Å². The average molecular weight is 258 g/mol. The molecule has 0 saturated heterocycles. The number of ether oxygens (including phenoxy) is 1. The Morgan fingerprint density at radius 3 is 2.74 bits per heavy atom. The fraction of sp³-hybridized carbons (Fsp3) is 0.286. The number of methoxy groups -OCH3 is 1. The van der Waals surface area contributed by atoms with Crippen molar-refractivity contribution < 1.29 is 4.74 Å². The Morgan fingerprint density at radius 2 is 2.05 bits per heavy atom. The first-order valence-electron chi connectivity index (χ1n) is 6.05. The number of nitrogens with one attached hydrogen (secondary N) is 1. The van der Waals surface area contributed by atoms with Crippen molar-refractivity contribution in [1.29, 1.82) is 0 Å². The van der Waals surface area contributed by atoms with Gasteiger partial charge in [0.15, 0.2) is 0 Å². The highest BCUT2D eigenvalue weighted by Gasteiger charge is 2.17. The molecule has 0 spiro atoms. The van der Waals surface area contributed by atoms with Gasteiger partial charge >= 0.3 is 0 Å². The number of rotatable bonds is 4. The number of nitrogens with zero attached hydrogens (tertiary/aromatic N) is 2. The normalized spacial score (nSPS) is 12.2. The molecule has 0 bridgehead atoms. The van der Waals surface area contributed by atoms with Gasteiger partial charge in [0, 0.05) is 6.07 Å². The fourth-order valence-electron chi connectivity index (χ4n) is 2.04. The summed E-state index contributed by atoms with van der Waals surface area (Å²) in [5.74, 6) is 6.22. The van der Waals surface area contributed by atoms with Crippen LogP contribution in [0.1, 0.15) is 28.4 Å². The standard InChI is InChI=1S/C14H18N4O/c1-9-5-4-6-11(10(9)2)14(18-15)12-7-13(19-3)17-8-16-12/h4-8,14,18H,15H2,1-3H3. The molecule has 1 unspecified atom stereocenters. The predicted octanol–water partition coefficient (Wildman–Crippen LogP) is 1.65. The summed E-state index contributed by atoms with van der Waals surface area (Å²) in [6, 6.07) is 7.73. The fourth-order valence-corrected chi connectivity index (χ4v) is 2.04. The van der Waals surface area contributed by atoms with E-state index in [1.165, 1.54) is 17.5 Å². The lowest BCUT2D eigenvalue weighted by Gasteiger charge is -2.19. The molecule has 0 radical (unpaired) electrons. The van der Waals surface area contributed by atoms with E-state index in [2.05, 4.69) is 35.3 Å². The minimum absolute atomic E-state index is 0.184. The smallest absolute Gasteiger partial charge is 0.216 e. The largest absolute Gasteiger partial charge is 0.481 e. The number of hydrazine groups is 1. The molecule has 3 N–H and O–H groups in total. The molecule has 0 aliphatic rings. The molecule has 1 atom stereocenters. The van der Waals surface area contributed by atoms with E-state index in [0.717, 1.165) is 11.3 Å². The maximum Gasteiger partial charge on any atom is 0.216 e. The second-order valence-corrected chi connectivity index (χ2v) is 4.37. The van der Waals surface area contributed by atoms with Gasteiger partial charge in [-0.3, -0.25) is 5.84 Å². The van der Waals surface area contributed by atoms with Crippen molar-refractivity contribution in [2.45, 2.75) is 19.9 Å². The highest BCUT2D eigenvalue weighted by molar-refractivity contribution is 5.39. The molecule has 0 aliphatic heterocycles. The van der Waals surface area contributed by atoms with Crippen LogP contribution in [0.5, 0.6) is 5.88 Å². The maximum absolute atomic E-state index is 5.70. The summed E-state index contributed by atoms with van der Waals surface area (Å²) in [5, 5.41) is 0. The molecule has 0 aliphatic carbocycles. The molecule has 1 heterocycles. The van der Waals surface area contributed by atoms with Crippen LogP contribution in [-0.4, -0.2) is 17.1 Å². The second kappa shape index (κ2) is 5.77. The van der Waals surface area contributed by atoms with E-state index < -0.39 is 0 Å². The molecule has 5 nitrogen and oxygen atoms in total. The first kappa shape index (κ1) is 13.5. The van der Waals surface area contributed by atoms with Crippen molar-refractivity contribution >= 4 is 0 Å². The first-order chi connectivity index (χ1) is 9.17. The quantitative estimate of drug-likeness (QED) is 0.644. The Morgan fingerprint density at radius 1 is 1.26 bits per heavy atom. The van der Waals surface area contributed by atoms with Gasteiger partial charge in [0.05, 0.1) is 18.8 Å². The molecule has 5 heteroatoms. The highest BCUT2D eigenvalue weighted by atomic mass is 16.5. The SMILES string of the molecule is COc1cc(C(NN)c2cccc(C)c2C)ncn1. The molecule has 100 valence electrons. The van der Waals surface area contributed by atoms with E-state index in [4.69, 9.17) is 10.6 Å². The molecule has 2 aromatic rings. The van der Waals surface area contributed by atoms with Gasteiger partial charge in [0.1, 0.15) is 6.33 Å². The van der Waals surface area contributed by atoms with Crippen molar-refractivity contribution in [3.8, 4) is 5.88 Å². The molecule has 0 amide bonds. The van der Waals surface area contributed by atoms with Crippen molar-refractivity contribution in [3.05, 3.63) is 53.0 Å². The summed E-state index contributed by atoms with van der Waals surface area (Å²) >= 11 is 0. The third-order valence-corrected chi connectivity index (χ3v) is 3.29. The number of nitrogens with two attached hydrogens (primary N) is 1. The molecular formula is C14H18N4O. The summed E-state index contributed by atoms with van der Waals surface area (Å²) in [5.41, 5.74) is 7.11. The third-order valence-electron chi connectivity index (χ3n) is 3.29. The van der Waals surface area contributed by atoms with Crippen molar-refractivity contribution in [3.63, 3.8) is 0 Å². The zero-order valence-electron chi connectivity index (χ0n) is 11.3. The summed E-state index contributed by atoms with van der Waals surface area (Å²) in [6.07, 6.45) is 1.48. The van der Waals surface area contributed by atoms with Gasteiger partial charge in [-0.15, -0.1) is 0 Å². The number of aryl methyl sites for hydroxylation is 1. The Bertz CT molecular complexity index is 571. The summed E-state index contributed by atoms with van der Waals surface area (Å²) in [7, 11) is 1.58. The average Bonchev–Trinajstić information content (AvgIpc) is 2.44. The number of aromatic nitrogens is 2. The maximum atomic E-state index is 5.70. The Labute approximate surface area is 112 Å². The molecule has 1 aromatic carbocycles. The molecular weight excluding hydrogens is 240 g/mol. The lowest BCUT2D eigenvalue weighted by Crippen LogP contribution is -2.30. The van der Waals surface area contributed by atoms with Gasteiger partial charge < -0.3 is 4.74 Å². The van der Waals surface area contributed by atoms with Crippen LogP contribution < -0.4 is 16.0 Å². The van der Waals surface area contributed by atoms with E-state index >= 15 is 0 Å². The van der Waals surface area contributed by atoms with E-state index in [-0.39, 0.29) is 6.04 Å². The van der Waals surface area contributed by atoms with Crippen molar-refractivity contribution in [2.75, 3.05) is 7.11 Å². The van der Waals surface area contributed by atoms with Crippen molar-refractivity contribution in [1.82, 2.24) is 15.4 Å². The Hall–Kier alpha value is -1.98. The van der Waals surface area contributed by atoms with Crippen LogP contribution in [-0.2, 0) is 0 Å². The summed E-state index contributed by atoms with van der Waals surface area (Å²) in [4.78, 5) is 8.28. The number of hydrogen-bond donors (Lipinski definition) is 2. The summed E-state index contributed by atoms with van der Waals surface area (Å²) < 4.78 is 5.12. The summed E-state index contributed by atoms with van der Waals surface area (Å²) in [6.45, 7) is 4.15. The zero-order valence-corrected chi connectivity index (χ0v) is 11.3. The van der Waals surface area contributed by atoms with Crippen LogP contribution in [0.4, 0.5) is 0 Å². The van der Waals surface area contributed by atoms with Gasteiger partial charge in [-0.2, -0.15) is 0 Å². The minimum atomic E-state index is -0.184. The van der Waals surface area contributed by atoms with Gasteiger partial charge in [-0.25, -0.2) is 15.4 Å². The molecule has 19 heavy (non-hydrogen) atoms. The predicted molar refractivity (Wildman–Crippen MR) is 73.7 cm³/mol. The highest BCUT2D eigenvalue weighted by Crippen LogP contribution is 2.25. The molecule has 2 rings (SSSR count). The Kier molecular flexibility index (Phi) is 4.09. The van der Waals surface area contributed by atoms with Crippen LogP contribution in [0.2, 0.25) is 0 Å². The van der Waals surface area contributed by atoms with Gasteiger partial charge in [-0.1, -0.05) is 18.2 Å². The third kappa shape index (κ3) is 2.72. The minimum Gasteiger partial charge on any atom is -0.481 e. The van der Waals surface area contributed by atoms with Crippen LogP contribution in [0.3, 0.4) is 0 Å². The van der Waals surface area contributed by atoms with Crippen LogP contribution in [0.25, 0.3) is 0 Å².